The number of hydrogen-bond donors (Lipinski definition) is 2. The topological polar surface area (TPSA) is 78.9 Å². The normalized spacial score (nSPS) is 10.8. The van der Waals surface area contributed by atoms with Crippen LogP contribution in [0.1, 0.15) is 21.7 Å². The zero-order chi connectivity index (χ0) is 14.1. The van der Waals surface area contributed by atoms with Gasteiger partial charge in [0.25, 0.3) is 0 Å². The third-order valence-electron chi connectivity index (χ3n) is 2.95. The molecule has 0 saturated carbocycles. The molecule has 0 amide bonds. The molecule has 20 heavy (non-hydrogen) atoms. The molecular formula is C14H10ClN3O2. The van der Waals surface area contributed by atoms with Crippen LogP contribution in [0.5, 0.6) is 0 Å². The first-order valence-corrected chi connectivity index (χ1v) is 6.32. The molecule has 2 heterocycles. The van der Waals surface area contributed by atoms with E-state index in [2.05, 4.69) is 15.0 Å². The number of halogens is 1. The number of aromatic carboxylic acids is 1. The maximum absolute atomic E-state index is 10.9. The van der Waals surface area contributed by atoms with Gasteiger partial charge in [-0.1, -0.05) is 29.8 Å². The molecule has 0 atom stereocenters. The van der Waals surface area contributed by atoms with Gasteiger partial charge < -0.3 is 10.1 Å². The van der Waals surface area contributed by atoms with Gasteiger partial charge in [-0.3, -0.25) is 0 Å². The number of pyridine rings is 1. The number of carbonyl (C=O) groups is 1. The SMILES string of the molecule is O=C(O)c1cnc2nc(Cc3ccccc3Cl)[nH]c2c1. The van der Waals surface area contributed by atoms with Crippen LogP contribution in [0.15, 0.2) is 36.5 Å². The molecule has 0 aliphatic heterocycles. The fourth-order valence-corrected chi connectivity index (χ4v) is 2.18. The lowest BCUT2D eigenvalue weighted by molar-refractivity contribution is 0.0696. The smallest absolute Gasteiger partial charge is 0.337 e. The van der Waals surface area contributed by atoms with E-state index < -0.39 is 5.97 Å². The Balaban J connectivity index is 1.97. The Morgan fingerprint density at radius 2 is 2.15 bits per heavy atom. The van der Waals surface area contributed by atoms with Crippen molar-refractivity contribution in [3.63, 3.8) is 0 Å². The Kier molecular flexibility index (Phi) is 3.12. The van der Waals surface area contributed by atoms with Crippen LogP contribution in [-0.4, -0.2) is 26.0 Å². The fraction of sp³-hybridized carbons (Fsp3) is 0.0714. The van der Waals surface area contributed by atoms with E-state index in [1.54, 1.807) is 0 Å². The minimum atomic E-state index is -1.01. The van der Waals surface area contributed by atoms with Crippen LogP contribution < -0.4 is 0 Å². The standard InChI is InChI=1S/C14H10ClN3O2/c15-10-4-2-1-3-8(10)6-12-17-11-5-9(14(19)20)7-16-13(11)18-12/h1-5,7H,6H2,(H,19,20)(H,16,17,18). The molecule has 0 aliphatic rings. The van der Waals surface area contributed by atoms with Gasteiger partial charge in [0, 0.05) is 17.6 Å². The number of nitrogens with zero attached hydrogens (tertiary/aromatic N) is 2. The third-order valence-corrected chi connectivity index (χ3v) is 3.32. The van der Waals surface area contributed by atoms with Crippen LogP contribution in [0.2, 0.25) is 5.02 Å². The van der Waals surface area contributed by atoms with E-state index in [9.17, 15) is 4.79 Å². The molecular weight excluding hydrogens is 278 g/mol. The number of rotatable bonds is 3. The third kappa shape index (κ3) is 2.35. The number of H-pyrrole nitrogens is 1. The van der Waals surface area contributed by atoms with Crippen molar-refractivity contribution in [2.24, 2.45) is 0 Å². The van der Waals surface area contributed by atoms with E-state index in [-0.39, 0.29) is 5.56 Å². The summed E-state index contributed by atoms with van der Waals surface area (Å²) in [6, 6.07) is 9.04. The quantitative estimate of drug-likeness (QED) is 0.776. The van der Waals surface area contributed by atoms with Crippen LogP contribution in [0.25, 0.3) is 11.2 Å². The van der Waals surface area contributed by atoms with Crippen molar-refractivity contribution in [1.82, 2.24) is 15.0 Å². The lowest BCUT2D eigenvalue weighted by atomic mass is 10.1. The summed E-state index contributed by atoms with van der Waals surface area (Å²) in [7, 11) is 0. The minimum absolute atomic E-state index is 0.130. The Labute approximate surface area is 119 Å². The van der Waals surface area contributed by atoms with Gasteiger partial charge in [-0.25, -0.2) is 14.8 Å². The van der Waals surface area contributed by atoms with E-state index in [1.807, 2.05) is 24.3 Å². The van der Waals surface area contributed by atoms with Crippen molar-refractivity contribution in [2.75, 3.05) is 0 Å². The first kappa shape index (κ1) is 12.6. The highest BCUT2D eigenvalue weighted by Crippen LogP contribution is 2.19. The van der Waals surface area contributed by atoms with E-state index in [4.69, 9.17) is 16.7 Å². The monoisotopic (exact) mass is 287 g/mol. The van der Waals surface area contributed by atoms with Crippen LogP contribution in [0.3, 0.4) is 0 Å². The molecule has 3 rings (SSSR count). The van der Waals surface area contributed by atoms with Crippen LogP contribution in [-0.2, 0) is 6.42 Å². The minimum Gasteiger partial charge on any atom is -0.478 e. The van der Waals surface area contributed by atoms with Gasteiger partial charge in [0.15, 0.2) is 5.65 Å². The molecule has 0 unspecified atom stereocenters. The summed E-state index contributed by atoms with van der Waals surface area (Å²) in [6.45, 7) is 0. The van der Waals surface area contributed by atoms with Gasteiger partial charge in [0.05, 0.1) is 11.1 Å². The zero-order valence-corrected chi connectivity index (χ0v) is 11.1. The number of fused-ring (bicyclic) bond motifs is 1. The fourth-order valence-electron chi connectivity index (χ4n) is 1.97. The number of aromatic amines is 1. The molecule has 0 saturated heterocycles. The summed E-state index contributed by atoms with van der Waals surface area (Å²) in [5, 5.41) is 9.60. The van der Waals surface area contributed by atoms with E-state index in [0.717, 1.165) is 5.56 Å². The highest BCUT2D eigenvalue weighted by molar-refractivity contribution is 6.31. The van der Waals surface area contributed by atoms with Gasteiger partial charge in [0.2, 0.25) is 0 Å². The number of carboxylic acids is 1. The Morgan fingerprint density at radius 1 is 1.35 bits per heavy atom. The van der Waals surface area contributed by atoms with Crippen LogP contribution >= 0.6 is 11.6 Å². The van der Waals surface area contributed by atoms with Gasteiger partial charge in [-0.05, 0) is 17.7 Å². The number of imidazole rings is 1. The lowest BCUT2D eigenvalue weighted by Gasteiger charge is -2.00. The molecule has 5 nitrogen and oxygen atoms in total. The van der Waals surface area contributed by atoms with Crippen LogP contribution in [0, 0.1) is 0 Å². The molecule has 3 aromatic rings. The predicted molar refractivity (Wildman–Crippen MR) is 75.1 cm³/mol. The van der Waals surface area contributed by atoms with Crippen molar-refractivity contribution in [3.8, 4) is 0 Å². The molecule has 0 radical (unpaired) electrons. The van der Waals surface area contributed by atoms with Gasteiger partial charge in [-0.15, -0.1) is 0 Å². The number of nitrogens with one attached hydrogen (secondary N) is 1. The summed E-state index contributed by atoms with van der Waals surface area (Å²) in [6.07, 6.45) is 1.84. The Bertz CT molecular complexity index is 798. The molecule has 0 fully saturated rings. The summed E-state index contributed by atoms with van der Waals surface area (Å²) in [5.41, 5.74) is 2.18. The Morgan fingerprint density at radius 3 is 2.90 bits per heavy atom. The summed E-state index contributed by atoms with van der Waals surface area (Å²) >= 11 is 6.10. The van der Waals surface area contributed by atoms with Gasteiger partial charge in [-0.2, -0.15) is 0 Å². The lowest BCUT2D eigenvalue weighted by Crippen LogP contribution is -1.96. The molecule has 6 heteroatoms. The molecule has 2 N–H and O–H groups in total. The molecule has 2 aromatic heterocycles. The zero-order valence-electron chi connectivity index (χ0n) is 10.3. The number of benzene rings is 1. The first-order chi connectivity index (χ1) is 9.63. The maximum atomic E-state index is 10.9. The number of hydrogen-bond acceptors (Lipinski definition) is 3. The average molecular weight is 288 g/mol. The van der Waals surface area contributed by atoms with Gasteiger partial charge in [0.1, 0.15) is 5.82 Å². The summed E-state index contributed by atoms with van der Waals surface area (Å²) < 4.78 is 0. The molecule has 100 valence electrons. The maximum Gasteiger partial charge on any atom is 0.337 e. The van der Waals surface area contributed by atoms with E-state index >= 15 is 0 Å². The highest BCUT2D eigenvalue weighted by atomic mass is 35.5. The number of aromatic nitrogens is 3. The highest BCUT2D eigenvalue weighted by Gasteiger charge is 2.10. The molecule has 0 aliphatic carbocycles. The molecule has 1 aromatic carbocycles. The van der Waals surface area contributed by atoms with E-state index in [0.29, 0.717) is 28.4 Å². The van der Waals surface area contributed by atoms with Crippen molar-refractivity contribution in [3.05, 3.63) is 58.5 Å². The van der Waals surface area contributed by atoms with Crippen molar-refractivity contribution in [2.45, 2.75) is 6.42 Å². The van der Waals surface area contributed by atoms with Crippen molar-refractivity contribution in [1.29, 1.82) is 0 Å². The van der Waals surface area contributed by atoms with Crippen LogP contribution in [0.4, 0.5) is 0 Å². The first-order valence-electron chi connectivity index (χ1n) is 5.95. The Hall–Kier alpha value is -2.40. The summed E-state index contributed by atoms with van der Waals surface area (Å²) in [5.74, 6) is -0.315. The van der Waals surface area contributed by atoms with Crippen molar-refractivity contribution >= 4 is 28.7 Å². The second kappa shape index (κ2) is 4.94. The van der Waals surface area contributed by atoms with E-state index in [1.165, 1.54) is 12.3 Å². The largest absolute Gasteiger partial charge is 0.478 e. The predicted octanol–water partition coefficient (Wildman–Crippen LogP) is 2.90. The summed E-state index contributed by atoms with van der Waals surface area (Å²) in [4.78, 5) is 22.3. The molecule has 0 spiro atoms. The average Bonchev–Trinajstić information content (AvgIpc) is 2.82. The second-order valence-corrected chi connectivity index (χ2v) is 4.76. The van der Waals surface area contributed by atoms with Gasteiger partial charge >= 0.3 is 5.97 Å². The number of carboxylic acid groups (broad SMARTS) is 1. The molecule has 0 bridgehead atoms. The van der Waals surface area contributed by atoms with Crippen molar-refractivity contribution < 1.29 is 9.90 Å². The second-order valence-electron chi connectivity index (χ2n) is 4.35.